The molecule has 1 amide bonds. The molecule has 3 aromatic carbocycles. The Bertz CT molecular complexity index is 1430. The van der Waals surface area contributed by atoms with Crippen molar-refractivity contribution in [2.24, 2.45) is 0 Å². The molecule has 0 unspecified atom stereocenters. The molecule has 0 aromatic heterocycles. The molecule has 0 saturated heterocycles. The van der Waals surface area contributed by atoms with Crippen molar-refractivity contribution in [3.8, 4) is 5.75 Å². The van der Waals surface area contributed by atoms with Crippen molar-refractivity contribution in [1.82, 2.24) is 4.72 Å². The first-order valence-electron chi connectivity index (χ1n) is 10.9. The van der Waals surface area contributed by atoms with Gasteiger partial charge in [0.1, 0.15) is 17.5 Å². The summed E-state index contributed by atoms with van der Waals surface area (Å²) in [6.07, 6.45) is -6.02. The van der Waals surface area contributed by atoms with Crippen molar-refractivity contribution in [3.05, 3.63) is 87.9 Å². The first-order chi connectivity index (χ1) is 17.2. The first kappa shape index (κ1) is 27.1. The van der Waals surface area contributed by atoms with Gasteiger partial charge in [0.05, 0.1) is 16.5 Å². The van der Waals surface area contributed by atoms with Gasteiger partial charge in [0, 0.05) is 21.3 Å². The van der Waals surface area contributed by atoms with E-state index < -0.39 is 50.3 Å². The Labute approximate surface area is 219 Å². The molecule has 0 saturated carbocycles. The van der Waals surface area contributed by atoms with Crippen molar-refractivity contribution in [2.75, 3.05) is 5.32 Å². The zero-order chi connectivity index (χ0) is 27.2. The summed E-state index contributed by atoms with van der Waals surface area (Å²) in [7, 11) is -4.37. The van der Waals surface area contributed by atoms with E-state index in [-0.39, 0.29) is 16.9 Å². The molecule has 12 heteroatoms. The number of aliphatic hydroxyl groups excluding tert-OH is 1. The summed E-state index contributed by atoms with van der Waals surface area (Å²) in [5.74, 6) is -0.232. The van der Waals surface area contributed by atoms with Gasteiger partial charge in [-0.1, -0.05) is 15.9 Å². The number of alkyl halides is 3. The highest BCUT2D eigenvalue weighted by Gasteiger charge is 2.45. The minimum absolute atomic E-state index is 0.177. The van der Waals surface area contributed by atoms with Crippen molar-refractivity contribution in [3.63, 3.8) is 0 Å². The summed E-state index contributed by atoms with van der Waals surface area (Å²) >= 11 is 3.32. The van der Waals surface area contributed by atoms with Crippen LogP contribution in [0.3, 0.4) is 0 Å². The van der Waals surface area contributed by atoms with E-state index in [1.165, 1.54) is 18.2 Å². The van der Waals surface area contributed by atoms with E-state index in [0.717, 1.165) is 16.6 Å². The van der Waals surface area contributed by atoms with Gasteiger partial charge in [-0.3, -0.25) is 4.79 Å². The molecule has 2 atom stereocenters. The van der Waals surface area contributed by atoms with Gasteiger partial charge in [0.15, 0.2) is 0 Å². The summed E-state index contributed by atoms with van der Waals surface area (Å²) in [6.45, 7) is 3.13. The van der Waals surface area contributed by atoms with Crippen LogP contribution in [-0.2, 0) is 16.2 Å². The van der Waals surface area contributed by atoms with Crippen LogP contribution in [0.2, 0.25) is 0 Å². The number of hydrogen-bond acceptors (Lipinski definition) is 5. The highest BCUT2D eigenvalue weighted by molar-refractivity contribution is 9.10. The van der Waals surface area contributed by atoms with E-state index in [1.807, 2.05) is 0 Å². The molecule has 0 bridgehead atoms. The molecule has 0 aliphatic carbocycles. The van der Waals surface area contributed by atoms with E-state index in [0.29, 0.717) is 17.8 Å². The Balaban J connectivity index is 1.66. The van der Waals surface area contributed by atoms with Crippen LogP contribution in [0.15, 0.2) is 76.1 Å². The average Bonchev–Trinajstić information content (AvgIpc) is 2.82. The van der Waals surface area contributed by atoms with Gasteiger partial charge in [-0.25, -0.2) is 13.1 Å². The monoisotopic (exact) mass is 598 g/mol. The molecule has 0 spiro atoms. The third-order valence-electron chi connectivity index (χ3n) is 5.88. The maximum atomic E-state index is 13.1. The van der Waals surface area contributed by atoms with Crippen LogP contribution in [0.25, 0.3) is 0 Å². The third kappa shape index (κ3) is 5.82. The van der Waals surface area contributed by atoms with Gasteiger partial charge in [-0.2, -0.15) is 13.2 Å². The van der Waals surface area contributed by atoms with E-state index in [9.17, 15) is 31.5 Å². The molecule has 196 valence electrons. The van der Waals surface area contributed by atoms with Crippen LogP contribution in [0.1, 0.15) is 41.4 Å². The van der Waals surface area contributed by atoms with Crippen LogP contribution in [0.4, 0.5) is 18.9 Å². The molecule has 4 rings (SSSR count). The molecule has 7 nitrogen and oxygen atoms in total. The third-order valence-corrected chi connectivity index (χ3v) is 7.87. The number of halogens is 4. The number of benzene rings is 3. The maximum Gasteiger partial charge on any atom is 0.416 e. The summed E-state index contributed by atoms with van der Waals surface area (Å²) in [4.78, 5) is 12.4. The fraction of sp³-hybridized carbons (Fsp3) is 0.240. The lowest BCUT2D eigenvalue weighted by Crippen LogP contribution is -2.53. The number of aliphatic hydroxyl groups is 1. The van der Waals surface area contributed by atoms with Crippen LogP contribution in [0.5, 0.6) is 5.75 Å². The van der Waals surface area contributed by atoms with Crippen LogP contribution in [-0.4, -0.2) is 31.1 Å². The number of hydrogen-bond donors (Lipinski definition) is 3. The topological polar surface area (TPSA) is 105 Å². The van der Waals surface area contributed by atoms with Gasteiger partial charge >= 0.3 is 6.18 Å². The lowest BCUT2D eigenvalue weighted by Gasteiger charge is -2.42. The van der Waals surface area contributed by atoms with E-state index in [1.54, 1.807) is 38.1 Å². The summed E-state index contributed by atoms with van der Waals surface area (Å²) in [6, 6.07) is 13.0. The van der Waals surface area contributed by atoms with Gasteiger partial charge in [0.2, 0.25) is 10.0 Å². The molecule has 0 fully saturated rings. The Hall–Kier alpha value is -2.93. The Morgan fingerprint density at radius 1 is 1.03 bits per heavy atom. The van der Waals surface area contributed by atoms with Crippen molar-refractivity contribution >= 4 is 37.5 Å². The Morgan fingerprint density at radius 2 is 1.65 bits per heavy atom. The first-order valence-corrected chi connectivity index (χ1v) is 13.2. The minimum atomic E-state index is -4.62. The predicted molar refractivity (Wildman–Crippen MR) is 134 cm³/mol. The van der Waals surface area contributed by atoms with Crippen LogP contribution < -0.4 is 14.8 Å². The molecule has 1 heterocycles. The summed E-state index contributed by atoms with van der Waals surface area (Å²) in [5.41, 5.74) is -1.31. The van der Waals surface area contributed by atoms with Crippen molar-refractivity contribution < 1.29 is 36.2 Å². The quantitative estimate of drug-likeness (QED) is 0.371. The number of rotatable bonds is 5. The molecule has 1 aliphatic rings. The van der Waals surface area contributed by atoms with Crippen LogP contribution in [0, 0.1) is 0 Å². The second-order valence-corrected chi connectivity index (χ2v) is 11.6. The van der Waals surface area contributed by atoms with Crippen molar-refractivity contribution in [1.29, 1.82) is 0 Å². The minimum Gasteiger partial charge on any atom is -0.485 e. The van der Waals surface area contributed by atoms with Crippen molar-refractivity contribution in [2.45, 2.75) is 42.7 Å². The van der Waals surface area contributed by atoms with E-state index >= 15 is 0 Å². The second kappa shape index (κ2) is 9.75. The molecule has 1 aliphatic heterocycles. The van der Waals surface area contributed by atoms with Gasteiger partial charge in [-0.05, 0) is 80.6 Å². The number of fused-ring (bicyclic) bond motifs is 1. The lowest BCUT2D eigenvalue weighted by molar-refractivity contribution is -0.137. The lowest BCUT2D eigenvalue weighted by atomic mass is 9.86. The molecular weight excluding hydrogens is 577 g/mol. The standard InChI is InChI=1S/C25H22BrF3N2O5S/c1-24(2)22(32)21(31-37(34,35)18-10-4-15(5-11-18)25(27,28)29)19-13-14(3-12-20(19)36-24)23(33)30-17-8-6-16(26)7-9-17/h3-13,21-22,31-32H,1-2H3,(H,30,33)/t21-,22+/m1/s1. The zero-order valence-electron chi connectivity index (χ0n) is 19.5. The predicted octanol–water partition coefficient (Wildman–Crippen LogP) is 5.27. The van der Waals surface area contributed by atoms with Gasteiger partial charge in [0.25, 0.3) is 5.91 Å². The fourth-order valence-electron chi connectivity index (χ4n) is 3.86. The highest BCUT2D eigenvalue weighted by atomic mass is 79.9. The summed E-state index contributed by atoms with van der Waals surface area (Å²) in [5, 5.41) is 13.7. The maximum absolute atomic E-state index is 13.1. The number of ether oxygens (including phenoxy) is 1. The number of carbonyl (C=O) groups excluding carboxylic acids is 1. The molecule has 0 radical (unpaired) electrons. The Kier molecular flexibility index (Phi) is 7.14. The zero-order valence-corrected chi connectivity index (χ0v) is 21.9. The SMILES string of the molecule is CC1(C)Oc2ccc(C(=O)Nc3ccc(Br)cc3)cc2[C@@H](NS(=O)(=O)c2ccc(C(F)(F)F)cc2)[C@@H]1O. The summed E-state index contributed by atoms with van der Waals surface area (Å²) < 4.78 is 73.9. The number of sulfonamides is 1. The second-order valence-electron chi connectivity index (χ2n) is 8.99. The fourth-order valence-corrected chi connectivity index (χ4v) is 5.35. The molecular formula is C25H22BrF3N2O5S. The Morgan fingerprint density at radius 3 is 2.24 bits per heavy atom. The normalized spacial score (nSPS) is 19.0. The largest absolute Gasteiger partial charge is 0.485 e. The van der Waals surface area contributed by atoms with E-state index in [2.05, 4.69) is 26.0 Å². The smallest absolute Gasteiger partial charge is 0.416 e. The highest BCUT2D eigenvalue weighted by Crippen LogP contribution is 2.41. The number of amides is 1. The van der Waals surface area contributed by atoms with Gasteiger partial charge < -0.3 is 15.2 Å². The molecule has 3 N–H and O–H groups in total. The van der Waals surface area contributed by atoms with Crippen LogP contribution >= 0.6 is 15.9 Å². The molecule has 37 heavy (non-hydrogen) atoms. The van der Waals surface area contributed by atoms with E-state index in [4.69, 9.17) is 4.74 Å². The number of anilines is 1. The number of nitrogens with one attached hydrogen (secondary N) is 2. The number of carbonyl (C=O) groups is 1. The molecule has 3 aromatic rings. The average molecular weight is 599 g/mol. The van der Waals surface area contributed by atoms with Gasteiger partial charge in [-0.15, -0.1) is 0 Å².